The van der Waals surface area contributed by atoms with Crippen molar-refractivity contribution in [2.24, 2.45) is 15.5 Å². The van der Waals surface area contributed by atoms with E-state index in [2.05, 4.69) is 18.2 Å². The van der Waals surface area contributed by atoms with Crippen molar-refractivity contribution in [3.8, 4) is 0 Å². The highest BCUT2D eigenvalue weighted by Gasteiger charge is 1.94. The van der Waals surface area contributed by atoms with E-state index in [1.54, 1.807) is 0 Å². The zero-order valence-corrected chi connectivity index (χ0v) is 8.33. The van der Waals surface area contributed by atoms with Gasteiger partial charge in [-0.1, -0.05) is 27.7 Å². The van der Waals surface area contributed by atoms with E-state index in [1.807, 2.05) is 20.8 Å². The third kappa shape index (κ3) is 7.98. The Labute approximate surface area is 68.6 Å². The molecule has 0 radical (unpaired) electrons. The van der Waals surface area contributed by atoms with E-state index in [0.29, 0.717) is 5.92 Å². The molecule has 3 heteroatoms. The molecule has 2 N–H and O–H groups in total. The van der Waals surface area contributed by atoms with Crippen LogP contribution in [0.25, 0.3) is 0 Å². The van der Waals surface area contributed by atoms with Gasteiger partial charge in [-0.25, -0.2) is 4.40 Å². The van der Waals surface area contributed by atoms with Crippen LogP contribution in [0.1, 0.15) is 34.6 Å². The molecule has 0 fully saturated rings. The molecule has 2 nitrogen and oxygen atoms in total. The first kappa shape index (κ1) is 12.6. The normalized spacial score (nSPS) is 10.9. The Bertz CT molecular complexity index is 89.6. The molecule has 0 heterocycles. The predicted molar refractivity (Wildman–Crippen MR) is 51.1 cm³/mol. The van der Waals surface area contributed by atoms with Crippen LogP contribution in [-0.2, 0) is 0 Å². The van der Waals surface area contributed by atoms with Gasteiger partial charge < -0.3 is 0 Å². The maximum Gasteiger partial charge on any atom is 0.0555 e. The summed E-state index contributed by atoms with van der Waals surface area (Å²) < 4.78 is 3.94. The van der Waals surface area contributed by atoms with Crippen LogP contribution in [0.4, 0.5) is 0 Å². The molecule has 0 atom stereocenters. The Balaban J connectivity index is 0. The molecule has 0 aromatic rings. The minimum atomic E-state index is 0.519. The molecule has 0 aromatic heterocycles. The van der Waals surface area contributed by atoms with Crippen molar-refractivity contribution in [2.75, 3.05) is 0 Å². The van der Waals surface area contributed by atoms with Gasteiger partial charge in [0.15, 0.2) is 0 Å². The van der Waals surface area contributed by atoms with Crippen LogP contribution in [0.3, 0.4) is 0 Å². The maximum atomic E-state index is 5.10. The Morgan fingerprint density at radius 1 is 1.40 bits per heavy atom. The largest absolute Gasteiger partial charge is 0.258 e. The predicted octanol–water partition coefficient (Wildman–Crippen LogP) is 2.65. The van der Waals surface area contributed by atoms with Crippen molar-refractivity contribution in [3.63, 3.8) is 0 Å². The average molecular weight is 162 g/mol. The lowest BCUT2D eigenvalue weighted by molar-refractivity contribution is 0.882. The monoisotopic (exact) mass is 162 g/mol. The van der Waals surface area contributed by atoms with Crippen LogP contribution < -0.4 is 5.14 Å². The third-order valence-corrected chi connectivity index (χ3v) is 1.43. The molecule has 0 aliphatic rings. The van der Waals surface area contributed by atoms with Crippen LogP contribution in [0.2, 0.25) is 0 Å². The SMILES string of the molecule is C/C(=N/SN)C(C)C.CC. The fourth-order valence-electron chi connectivity index (χ4n) is 0.189. The van der Waals surface area contributed by atoms with Crippen LogP contribution >= 0.6 is 12.1 Å². The minimum Gasteiger partial charge on any atom is -0.258 e. The molecular formula is C7H18N2S. The van der Waals surface area contributed by atoms with E-state index in [-0.39, 0.29) is 0 Å². The summed E-state index contributed by atoms with van der Waals surface area (Å²) in [5.41, 5.74) is 1.09. The van der Waals surface area contributed by atoms with Crippen LogP contribution in [0.5, 0.6) is 0 Å². The van der Waals surface area contributed by atoms with Crippen molar-refractivity contribution in [3.05, 3.63) is 0 Å². The lowest BCUT2D eigenvalue weighted by atomic mass is 10.1. The van der Waals surface area contributed by atoms with Crippen molar-refractivity contribution < 1.29 is 0 Å². The first-order valence-electron chi connectivity index (χ1n) is 3.59. The van der Waals surface area contributed by atoms with Crippen molar-refractivity contribution in [2.45, 2.75) is 34.6 Å². The summed E-state index contributed by atoms with van der Waals surface area (Å²) in [6, 6.07) is 0. The average Bonchev–Trinajstić information content (AvgIpc) is 1.93. The first-order chi connectivity index (χ1) is 4.68. The van der Waals surface area contributed by atoms with Gasteiger partial charge in [-0.2, -0.15) is 0 Å². The highest BCUT2D eigenvalue weighted by molar-refractivity contribution is 7.95. The Morgan fingerprint density at radius 2 is 1.80 bits per heavy atom. The van der Waals surface area contributed by atoms with E-state index in [4.69, 9.17) is 5.14 Å². The molecule has 0 saturated carbocycles. The van der Waals surface area contributed by atoms with E-state index >= 15 is 0 Å². The standard InChI is InChI=1S/C5H12N2S.C2H6/c1-4(2)5(3)7-8-6;1-2/h4H,6H2,1-3H3;1-2H3/b7-5-;. The van der Waals surface area contributed by atoms with Crippen LogP contribution in [0, 0.1) is 5.92 Å². The number of nitrogens with zero attached hydrogens (tertiary/aromatic N) is 1. The molecule has 0 spiro atoms. The maximum absolute atomic E-state index is 5.10. The molecule has 62 valence electrons. The summed E-state index contributed by atoms with van der Waals surface area (Å²) in [6.45, 7) is 10.2. The number of hydrogen-bond donors (Lipinski definition) is 1. The van der Waals surface area contributed by atoms with Gasteiger partial charge in [0.25, 0.3) is 0 Å². The van der Waals surface area contributed by atoms with Gasteiger partial charge in [-0.15, -0.1) is 0 Å². The fraction of sp³-hybridized carbons (Fsp3) is 0.857. The summed E-state index contributed by atoms with van der Waals surface area (Å²) >= 11 is 1.03. The molecule has 0 amide bonds. The highest BCUT2D eigenvalue weighted by atomic mass is 32.2. The Morgan fingerprint density at radius 3 is 1.90 bits per heavy atom. The van der Waals surface area contributed by atoms with Crippen LogP contribution in [-0.4, -0.2) is 5.71 Å². The summed E-state index contributed by atoms with van der Waals surface area (Å²) in [6.07, 6.45) is 0. The Kier molecular flexibility index (Phi) is 11.3. The zero-order chi connectivity index (χ0) is 8.57. The van der Waals surface area contributed by atoms with Crippen molar-refractivity contribution >= 4 is 17.8 Å². The lowest BCUT2D eigenvalue weighted by Gasteiger charge is -1.99. The third-order valence-electron chi connectivity index (χ3n) is 1.03. The number of nitrogens with two attached hydrogens (primary N) is 1. The highest BCUT2D eigenvalue weighted by Crippen LogP contribution is 1.99. The van der Waals surface area contributed by atoms with Gasteiger partial charge in [-0.3, -0.25) is 5.14 Å². The van der Waals surface area contributed by atoms with E-state index in [0.717, 1.165) is 17.8 Å². The molecule has 0 saturated heterocycles. The molecule has 0 rings (SSSR count). The van der Waals surface area contributed by atoms with E-state index in [9.17, 15) is 0 Å². The number of rotatable bonds is 2. The second-order valence-corrected chi connectivity index (χ2v) is 2.39. The van der Waals surface area contributed by atoms with Gasteiger partial charge in [-0.05, 0) is 12.8 Å². The van der Waals surface area contributed by atoms with Crippen molar-refractivity contribution in [1.29, 1.82) is 0 Å². The summed E-state index contributed by atoms with van der Waals surface area (Å²) in [5.74, 6) is 0.519. The second-order valence-electron chi connectivity index (χ2n) is 1.99. The van der Waals surface area contributed by atoms with Gasteiger partial charge in [0.1, 0.15) is 0 Å². The number of hydrogen-bond acceptors (Lipinski definition) is 3. The quantitative estimate of drug-likeness (QED) is 0.501. The molecule has 0 aliphatic heterocycles. The first-order valence-corrected chi connectivity index (χ1v) is 4.42. The topological polar surface area (TPSA) is 38.4 Å². The van der Waals surface area contributed by atoms with Crippen LogP contribution in [0.15, 0.2) is 4.40 Å². The molecule has 0 aliphatic carbocycles. The smallest absolute Gasteiger partial charge is 0.0555 e. The lowest BCUT2D eigenvalue weighted by Crippen LogP contribution is -2.00. The van der Waals surface area contributed by atoms with Gasteiger partial charge >= 0.3 is 0 Å². The Hall–Kier alpha value is -0.0200. The van der Waals surface area contributed by atoms with Gasteiger partial charge in [0, 0.05) is 5.71 Å². The minimum absolute atomic E-state index is 0.519. The fourth-order valence-corrected chi connectivity index (χ4v) is 0.566. The summed E-state index contributed by atoms with van der Waals surface area (Å²) in [4.78, 5) is 0. The van der Waals surface area contributed by atoms with Gasteiger partial charge in [0.2, 0.25) is 0 Å². The molecular weight excluding hydrogens is 144 g/mol. The molecule has 0 bridgehead atoms. The zero-order valence-electron chi connectivity index (χ0n) is 7.51. The molecule has 0 aromatic carbocycles. The van der Waals surface area contributed by atoms with E-state index < -0.39 is 0 Å². The van der Waals surface area contributed by atoms with Crippen molar-refractivity contribution in [1.82, 2.24) is 0 Å². The molecule has 10 heavy (non-hydrogen) atoms. The molecule has 0 unspecified atom stereocenters. The summed E-state index contributed by atoms with van der Waals surface area (Å²) in [5, 5.41) is 5.10. The second kappa shape index (κ2) is 8.98. The van der Waals surface area contributed by atoms with E-state index in [1.165, 1.54) is 0 Å². The van der Waals surface area contributed by atoms with Gasteiger partial charge in [0.05, 0.1) is 12.1 Å². The summed E-state index contributed by atoms with van der Waals surface area (Å²) in [7, 11) is 0.